The molecule has 0 bridgehead atoms. The summed E-state index contributed by atoms with van der Waals surface area (Å²) in [5.41, 5.74) is 0.731. The van der Waals surface area contributed by atoms with Crippen molar-refractivity contribution in [2.24, 2.45) is 0 Å². The summed E-state index contributed by atoms with van der Waals surface area (Å²) in [5, 5.41) is 3.41. The van der Waals surface area contributed by atoms with Crippen LogP contribution in [0.2, 0.25) is 15.1 Å². The van der Waals surface area contributed by atoms with Crippen LogP contribution in [0.25, 0.3) is 0 Å². The van der Waals surface area contributed by atoms with Crippen molar-refractivity contribution >= 4 is 62.7 Å². The van der Waals surface area contributed by atoms with Gasteiger partial charge in [-0.25, -0.2) is 13.2 Å². The number of rotatable bonds is 6. The molecule has 15 heteroatoms. The van der Waals surface area contributed by atoms with Crippen molar-refractivity contribution in [2.45, 2.75) is 49.5 Å². The van der Waals surface area contributed by atoms with Crippen LogP contribution in [-0.2, 0) is 30.8 Å². The third-order valence-electron chi connectivity index (χ3n) is 7.87. The molecule has 3 atom stereocenters. The smallest absolute Gasteiger partial charge is 0.318 e. The van der Waals surface area contributed by atoms with E-state index in [1.165, 1.54) is 28.0 Å². The molecule has 3 fully saturated rings. The Labute approximate surface area is 265 Å². The fourth-order valence-electron chi connectivity index (χ4n) is 5.64. The van der Waals surface area contributed by atoms with Crippen LogP contribution in [0.3, 0.4) is 0 Å². The molecule has 0 aliphatic carbocycles. The number of hydrogen-bond acceptors (Lipinski definition) is 6. The van der Waals surface area contributed by atoms with Crippen LogP contribution < -0.4 is 5.32 Å². The van der Waals surface area contributed by atoms with Crippen molar-refractivity contribution in [1.29, 1.82) is 0 Å². The zero-order valence-corrected chi connectivity index (χ0v) is 26.7. The van der Waals surface area contributed by atoms with Gasteiger partial charge in [0.25, 0.3) is 0 Å². The number of amides is 4. The summed E-state index contributed by atoms with van der Waals surface area (Å²) in [5.74, 6) is -0.868. The maximum atomic E-state index is 14.3. The minimum Gasteiger partial charge on any atom is -0.378 e. The zero-order chi connectivity index (χ0) is 31.1. The number of sulfonamides is 1. The van der Waals surface area contributed by atoms with Gasteiger partial charge < -0.3 is 24.8 Å². The number of hydrogen-bond donors (Lipinski definition) is 1. The van der Waals surface area contributed by atoms with E-state index >= 15 is 0 Å². The number of fused-ring (bicyclic) bond motifs is 1. The summed E-state index contributed by atoms with van der Waals surface area (Å²) in [6, 6.07) is 7.82. The number of nitrogens with zero attached hydrogens (tertiary/aromatic N) is 4. The van der Waals surface area contributed by atoms with Crippen molar-refractivity contribution in [1.82, 2.24) is 24.3 Å². The lowest BCUT2D eigenvalue weighted by Crippen LogP contribution is -2.76. The van der Waals surface area contributed by atoms with Crippen molar-refractivity contribution in [3.05, 3.63) is 63.1 Å². The second kappa shape index (κ2) is 12.8. The number of carbonyl (C=O) groups excluding carboxylic acids is 3. The van der Waals surface area contributed by atoms with Crippen molar-refractivity contribution in [3.8, 4) is 0 Å². The third kappa shape index (κ3) is 6.45. The molecule has 5 rings (SSSR count). The van der Waals surface area contributed by atoms with E-state index in [4.69, 9.17) is 39.5 Å². The van der Waals surface area contributed by atoms with Gasteiger partial charge in [0.2, 0.25) is 21.8 Å². The highest BCUT2D eigenvalue weighted by atomic mass is 35.5. The number of ether oxygens (including phenoxy) is 1. The van der Waals surface area contributed by atoms with Gasteiger partial charge >= 0.3 is 6.03 Å². The van der Waals surface area contributed by atoms with Crippen LogP contribution >= 0.6 is 34.8 Å². The predicted molar refractivity (Wildman–Crippen MR) is 161 cm³/mol. The van der Waals surface area contributed by atoms with Crippen LogP contribution in [0.1, 0.15) is 19.4 Å². The van der Waals surface area contributed by atoms with Crippen LogP contribution in [0, 0.1) is 0 Å². The van der Waals surface area contributed by atoms with E-state index in [9.17, 15) is 22.8 Å². The zero-order valence-electron chi connectivity index (χ0n) is 23.6. The van der Waals surface area contributed by atoms with Gasteiger partial charge in [-0.2, -0.15) is 4.31 Å². The van der Waals surface area contributed by atoms with Gasteiger partial charge in [-0.15, -0.1) is 0 Å². The number of morpholine rings is 1. The lowest BCUT2D eigenvalue weighted by molar-refractivity contribution is -0.168. The van der Waals surface area contributed by atoms with E-state index in [-0.39, 0.29) is 46.4 Å². The summed E-state index contributed by atoms with van der Waals surface area (Å²) in [6.45, 7) is 4.58. The lowest BCUT2D eigenvalue weighted by atomic mass is 9.96. The number of halogens is 3. The number of benzene rings is 2. The molecule has 0 radical (unpaired) electrons. The number of urea groups is 1. The van der Waals surface area contributed by atoms with Crippen molar-refractivity contribution < 1.29 is 27.5 Å². The van der Waals surface area contributed by atoms with Gasteiger partial charge in [-0.05, 0) is 49.7 Å². The molecule has 2 aromatic rings. The molecule has 0 spiro atoms. The van der Waals surface area contributed by atoms with Gasteiger partial charge in [0, 0.05) is 42.1 Å². The molecule has 43 heavy (non-hydrogen) atoms. The normalized spacial score (nSPS) is 23.5. The highest BCUT2D eigenvalue weighted by molar-refractivity contribution is 7.89. The highest BCUT2D eigenvalue weighted by Gasteiger charge is 2.54. The summed E-state index contributed by atoms with van der Waals surface area (Å²) >= 11 is 18.5. The quantitative estimate of drug-likeness (QED) is 0.504. The predicted octanol–water partition coefficient (Wildman–Crippen LogP) is 3.08. The summed E-state index contributed by atoms with van der Waals surface area (Å²) < 4.78 is 35.0. The first-order valence-corrected chi connectivity index (χ1v) is 16.4. The molecule has 3 aliphatic heterocycles. The topological polar surface area (TPSA) is 120 Å². The molecular weight excluding hydrogens is 641 g/mol. The Morgan fingerprint density at radius 3 is 2.26 bits per heavy atom. The van der Waals surface area contributed by atoms with Crippen LogP contribution in [0.15, 0.2) is 47.4 Å². The van der Waals surface area contributed by atoms with Gasteiger partial charge in [0.05, 0.1) is 24.8 Å². The Morgan fingerprint density at radius 1 is 0.977 bits per heavy atom. The molecule has 11 nitrogen and oxygen atoms in total. The fourth-order valence-corrected chi connectivity index (χ4v) is 8.10. The standard InChI is InChI=1S/C28H32Cl3N5O6S/c1-17(2)34-16-25-35(43(40,41)24-8-7-20(30)14-21(24)31)15-22(32-28(39)33-9-11-42-12-10-33)26(37)36(25)23(27(34)38)13-18-3-5-19(29)6-4-18/h3-8,14,17,22-23,25H,9-13,15-16H2,1-2H3,(H,32,39). The SMILES string of the molecule is CC(C)N1CC2N(C(=O)C(NC(=O)N3CCOCC3)CN2S(=O)(=O)c2ccc(Cl)cc2Cl)C(Cc2ccc(Cl)cc2)C1=O. The first kappa shape index (κ1) is 31.8. The van der Waals surface area contributed by atoms with Crippen molar-refractivity contribution in [3.63, 3.8) is 0 Å². The monoisotopic (exact) mass is 671 g/mol. The molecule has 2 aromatic carbocycles. The molecular formula is C28H32Cl3N5O6S. The number of piperazine rings is 1. The minimum atomic E-state index is -4.36. The average Bonchev–Trinajstić information content (AvgIpc) is 2.96. The minimum absolute atomic E-state index is 0.0616. The molecule has 4 amide bonds. The van der Waals surface area contributed by atoms with Gasteiger partial charge in [0.1, 0.15) is 23.1 Å². The fraction of sp³-hybridized carbons (Fsp3) is 0.464. The summed E-state index contributed by atoms with van der Waals surface area (Å²) in [6.07, 6.45) is -0.945. The molecule has 0 aromatic heterocycles. The van der Waals surface area contributed by atoms with Gasteiger partial charge in [0.15, 0.2) is 0 Å². The Kier molecular flexibility index (Phi) is 9.45. The Balaban J connectivity index is 1.58. The molecule has 3 saturated heterocycles. The largest absolute Gasteiger partial charge is 0.378 e. The molecule has 232 valence electrons. The van der Waals surface area contributed by atoms with Crippen LogP contribution in [-0.4, -0.2) is 109 Å². The number of nitrogens with one attached hydrogen (secondary N) is 1. The van der Waals surface area contributed by atoms with E-state index < -0.39 is 40.2 Å². The third-order valence-corrected chi connectivity index (χ3v) is 10.7. The maximum absolute atomic E-state index is 14.3. The second-order valence-electron chi connectivity index (χ2n) is 10.9. The van der Waals surface area contributed by atoms with E-state index in [0.29, 0.717) is 31.3 Å². The molecule has 3 aliphatic rings. The average molecular weight is 673 g/mol. The van der Waals surface area contributed by atoms with E-state index in [1.807, 2.05) is 13.8 Å². The van der Waals surface area contributed by atoms with Crippen molar-refractivity contribution in [2.75, 3.05) is 39.4 Å². The highest BCUT2D eigenvalue weighted by Crippen LogP contribution is 2.35. The van der Waals surface area contributed by atoms with Gasteiger partial charge in [-0.3, -0.25) is 9.59 Å². The first-order chi connectivity index (χ1) is 20.4. The molecule has 0 saturated carbocycles. The summed E-state index contributed by atoms with van der Waals surface area (Å²) in [7, 11) is -4.36. The summed E-state index contributed by atoms with van der Waals surface area (Å²) in [4.78, 5) is 45.5. The van der Waals surface area contributed by atoms with E-state index in [2.05, 4.69) is 5.32 Å². The number of carbonyl (C=O) groups is 3. The Bertz CT molecular complexity index is 1500. The molecule has 1 N–H and O–H groups in total. The first-order valence-electron chi connectivity index (χ1n) is 13.9. The van der Waals surface area contributed by atoms with Gasteiger partial charge in [-0.1, -0.05) is 46.9 Å². The van der Waals surface area contributed by atoms with Crippen LogP contribution in [0.5, 0.6) is 0 Å². The lowest BCUT2D eigenvalue weighted by Gasteiger charge is -2.54. The maximum Gasteiger partial charge on any atom is 0.318 e. The Hall–Kier alpha value is -2.61. The Morgan fingerprint density at radius 2 is 1.63 bits per heavy atom. The van der Waals surface area contributed by atoms with E-state index in [1.54, 1.807) is 29.2 Å². The van der Waals surface area contributed by atoms with Crippen LogP contribution in [0.4, 0.5) is 4.79 Å². The molecule has 3 unspecified atom stereocenters. The second-order valence-corrected chi connectivity index (χ2v) is 14.0. The molecule has 3 heterocycles. The van der Waals surface area contributed by atoms with E-state index in [0.717, 1.165) is 9.87 Å².